The smallest absolute Gasteiger partial charge is 0.325 e. The third-order valence-electron chi connectivity index (χ3n) is 3.59. The Morgan fingerprint density at radius 2 is 1.23 bits per heavy atom. The third kappa shape index (κ3) is 4.71. The molecule has 0 N–H and O–H groups in total. The van der Waals surface area contributed by atoms with Gasteiger partial charge < -0.3 is 19.3 Å². The monoisotopic (exact) mass is 312 g/mol. The Morgan fingerprint density at radius 1 is 0.818 bits per heavy atom. The van der Waals surface area contributed by atoms with E-state index in [1.54, 1.807) is 0 Å². The van der Waals surface area contributed by atoms with Gasteiger partial charge in [0.25, 0.3) is 0 Å². The average molecular weight is 312 g/mol. The molecule has 2 heterocycles. The Morgan fingerprint density at radius 3 is 1.55 bits per heavy atom. The molecule has 0 bridgehead atoms. The van der Waals surface area contributed by atoms with E-state index in [4.69, 9.17) is 9.47 Å². The molecule has 2 fully saturated rings. The molecule has 2 aliphatic rings. The average Bonchev–Trinajstić information content (AvgIpc) is 3.05. The number of hydrogen-bond acceptors (Lipinski definition) is 6. The van der Waals surface area contributed by atoms with Crippen molar-refractivity contribution >= 4 is 23.8 Å². The first-order valence-electron chi connectivity index (χ1n) is 7.43. The van der Waals surface area contributed by atoms with Gasteiger partial charge >= 0.3 is 11.9 Å². The maximum atomic E-state index is 11.5. The summed E-state index contributed by atoms with van der Waals surface area (Å²) < 4.78 is 9.81. The van der Waals surface area contributed by atoms with Crippen LogP contribution in [0.4, 0.5) is 0 Å². The van der Waals surface area contributed by atoms with E-state index in [1.165, 1.54) is 9.80 Å². The predicted octanol–water partition coefficient (Wildman–Crippen LogP) is -0.682. The van der Waals surface area contributed by atoms with Gasteiger partial charge in [0.1, 0.15) is 26.3 Å². The quantitative estimate of drug-likeness (QED) is 0.457. The highest BCUT2D eigenvalue weighted by Crippen LogP contribution is 2.09. The Labute approximate surface area is 128 Å². The van der Waals surface area contributed by atoms with Crippen LogP contribution < -0.4 is 0 Å². The summed E-state index contributed by atoms with van der Waals surface area (Å²) in [5.74, 6) is -1.11. The van der Waals surface area contributed by atoms with Crippen molar-refractivity contribution < 1.29 is 28.7 Å². The minimum absolute atomic E-state index is 0.0429. The van der Waals surface area contributed by atoms with Gasteiger partial charge in [-0.05, 0) is 12.8 Å². The van der Waals surface area contributed by atoms with E-state index in [1.807, 2.05) is 0 Å². The van der Waals surface area contributed by atoms with Crippen LogP contribution in [-0.4, -0.2) is 72.9 Å². The second kappa shape index (κ2) is 7.77. The molecule has 22 heavy (non-hydrogen) atoms. The standard InChI is InChI=1S/C14H20N2O6/c17-11-3-1-5-15(11)9-13(19)21-7-8-22-14(20)10-16-6-2-4-12(16)18/h1-10H2. The summed E-state index contributed by atoms with van der Waals surface area (Å²) >= 11 is 0. The SMILES string of the molecule is O=C(CN1CCCC1=O)OCCOC(=O)CN1CCCC1=O. The summed E-state index contributed by atoms with van der Waals surface area (Å²) in [6, 6.07) is 0. The molecule has 8 nitrogen and oxygen atoms in total. The largest absolute Gasteiger partial charge is 0.461 e. The van der Waals surface area contributed by atoms with E-state index in [0.717, 1.165) is 12.8 Å². The zero-order valence-electron chi connectivity index (χ0n) is 12.4. The topological polar surface area (TPSA) is 93.2 Å². The lowest BCUT2D eigenvalue weighted by molar-refractivity contribution is -0.155. The van der Waals surface area contributed by atoms with E-state index >= 15 is 0 Å². The molecule has 0 aromatic heterocycles. The first-order valence-corrected chi connectivity index (χ1v) is 7.43. The van der Waals surface area contributed by atoms with Crippen LogP contribution in [0.2, 0.25) is 0 Å². The molecule has 122 valence electrons. The van der Waals surface area contributed by atoms with Gasteiger partial charge in [0.2, 0.25) is 11.8 Å². The Balaban J connectivity index is 1.54. The van der Waals surface area contributed by atoms with Crippen molar-refractivity contribution in [2.24, 2.45) is 0 Å². The third-order valence-corrected chi connectivity index (χ3v) is 3.59. The molecular weight excluding hydrogens is 292 g/mol. The normalized spacial score (nSPS) is 18.0. The molecule has 0 radical (unpaired) electrons. The first-order chi connectivity index (χ1) is 10.6. The van der Waals surface area contributed by atoms with Crippen molar-refractivity contribution in [3.63, 3.8) is 0 Å². The Bertz CT molecular complexity index is 422. The predicted molar refractivity (Wildman–Crippen MR) is 73.5 cm³/mol. The van der Waals surface area contributed by atoms with E-state index in [0.29, 0.717) is 25.9 Å². The van der Waals surface area contributed by atoms with Gasteiger partial charge in [-0.2, -0.15) is 0 Å². The highest BCUT2D eigenvalue weighted by atomic mass is 16.6. The van der Waals surface area contributed by atoms with Crippen LogP contribution in [0.3, 0.4) is 0 Å². The number of likely N-dealkylation sites (tertiary alicyclic amines) is 2. The number of nitrogens with zero attached hydrogens (tertiary/aromatic N) is 2. The summed E-state index contributed by atoms with van der Waals surface area (Å²) in [4.78, 5) is 48.6. The first kappa shape index (κ1) is 16.3. The highest BCUT2D eigenvalue weighted by Gasteiger charge is 2.24. The number of carbonyl (C=O) groups excluding carboxylic acids is 4. The summed E-state index contributed by atoms with van der Waals surface area (Å²) in [6.07, 6.45) is 2.47. The lowest BCUT2D eigenvalue weighted by atomic mass is 10.4. The summed E-state index contributed by atoms with van der Waals surface area (Å²) in [7, 11) is 0. The molecule has 0 aliphatic carbocycles. The second-order valence-corrected chi connectivity index (χ2v) is 5.28. The van der Waals surface area contributed by atoms with Crippen LogP contribution in [0.25, 0.3) is 0 Å². The van der Waals surface area contributed by atoms with Gasteiger partial charge in [0, 0.05) is 25.9 Å². The van der Waals surface area contributed by atoms with Crippen molar-refractivity contribution in [1.82, 2.24) is 9.80 Å². The lowest BCUT2D eigenvalue weighted by Crippen LogP contribution is -2.33. The molecule has 2 saturated heterocycles. The molecule has 0 aromatic carbocycles. The molecule has 0 atom stereocenters. The van der Waals surface area contributed by atoms with Crippen LogP contribution in [-0.2, 0) is 28.7 Å². The van der Waals surface area contributed by atoms with Crippen molar-refractivity contribution in [2.75, 3.05) is 39.4 Å². The maximum Gasteiger partial charge on any atom is 0.325 e. The fourth-order valence-corrected chi connectivity index (χ4v) is 2.46. The van der Waals surface area contributed by atoms with Crippen LogP contribution >= 0.6 is 0 Å². The van der Waals surface area contributed by atoms with Gasteiger partial charge in [-0.1, -0.05) is 0 Å². The van der Waals surface area contributed by atoms with Gasteiger partial charge in [-0.15, -0.1) is 0 Å². The number of rotatable bonds is 7. The highest BCUT2D eigenvalue weighted by molar-refractivity contribution is 5.84. The lowest BCUT2D eigenvalue weighted by Gasteiger charge is -2.15. The maximum absolute atomic E-state index is 11.5. The number of ether oxygens (including phenoxy) is 2. The van der Waals surface area contributed by atoms with Crippen molar-refractivity contribution in [3.05, 3.63) is 0 Å². The number of carbonyl (C=O) groups is 4. The minimum atomic E-state index is -0.513. The van der Waals surface area contributed by atoms with Crippen LogP contribution in [0.15, 0.2) is 0 Å². The molecule has 0 unspecified atom stereocenters. The fraction of sp³-hybridized carbons (Fsp3) is 0.714. The van der Waals surface area contributed by atoms with Gasteiger partial charge in [0.15, 0.2) is 0 Å². The molecule has 0 aromatic rings. The fourth-order valence-electron chi connectivity index (χ4n) is 2.46. The molecule has 0 spiro atoms. The van der Waals surface area contributed by atoms with Crippen LogP contribution in [0.5, 0.6) is 0 Å². The number of esters is 2. The van der Waals surface area contributed by atoms with Crippen molar-refractivity contribution in [1.29, 1.82) is 0 Å². The van der Waals surface area contributed by atoms with E-state index < -0.39 is 11.9 Å². The zero-order chi connectivity index (χ0) is 15.9. The number of hydrogen-bond donors (Lipinski definition) is 0. The van der Waals surface area contributed by atoms with Gasteiger partial charge in [0.05, 0.1) is 0 Å². The molecular formula is C14H20N2O6. The van der Waals surface area contributed by atoms with Gasteiger partial charge in [-0.3, -0.25) is 19.2 Å². The summed E-state index contributed by atoms with van der Waals surface area (Å²) in [5.41, 5.74) is 0. The second-order valence-electron chi connectivity index (χ2n) is 5.28. The van der Waals surface area contributed by atoms with Crippen LogP contribution in [0, 0.1) is 0 Å². The van der Waals surface area contributed by atoms with Crippen LogP contribution in [0.1, 0.15) is 25.7 Å². The minimum Gasteiger partial charge on any atom is -0.461 e. The van der Waals surface area contributed by atoms with E-state index in [-0.39, 0.29) is 38.1 Å². The van der Waals surface area contributed by atoms with E-state index in [2.05, 4.69) is 0 Å². The van der Waals surface area contributed by atoms with Crippen molar-refractivity contribution in [3.8, 4) is 0 Å². The van der Waals surface area contributed by atoms with Crippen molar-refractivity contribution in [2.45, 2.75) is 25.7 Å². The van der Waals surface area contributed by atoms with Gasteiger partial charge in [-0.25, -0.2) is 0 Å². The molecule has 8 heteroatoms. The van der Waals surface area contributed by atoms with E-state index in [9.17, 15) is 19.2 Å². The molecule has 2 aliphatic heterocycles. The summed E-state index contributed by atoms with van der Waals surface area (Å²) in [5, 5.41) is 0. The molecule has 2 amide bonds. The Hall–Kier alpha value is -2.12. The molecule has 2 rings (SSSR count). The molecule has 0 saturated carbocycles. The zero-order valence-corrected chi connectivity index (χ0v) is 12.4. The summed E-state index contributed by atoms with van der Waals surface area (Å²) in [6.45, 7) is 0.921. The number of amides is 2. The Kier molecular flexibility index (Phi) is 5.74.